The van der Waals surface area contributed by atoms with Crippen molar-refractivity contribution in [2.75, 3.05) is 5.75 Å². The minimum Gasteiger partial charge on any atom is -0.351 e. The summed E-state index contributed by atoms with van der Waals surface area (Å²) in [5.41, 5.74) is 1.99. The lowest BCUT2D eigenvalue weighted by molar-refractivity contribution is -0.118. The van der Waals surface area contributed by atoms with Gasteiger partial charge in [0.25, 0.3) is 5.78 Å². The van der Waals surface area contributed by atoms with Gasteiger partial charge in [0.15, 0.2) is 0 Å². The Bertz CT molecular complexity index is 1400. The zero-order valence-electron chi connectivity index (χ0n) is 18.5. The molecule has 0 fully saturated rings. The monoisotopic (exact) mass is 523 g/mol. The number of nitrogens with zero attached hydrogens (tertiary/aromatic N) is 4. The van der Waals surface area contributed by atoms with Crippen LogP contribution in [0.1, 0.15) is 28.1 Å². The standard InChI is InChI=1S/C23H18ClF4N5OS/c1-11-14(8-15-17(24)4-3-5-18(15)26)12(2)33-22(30-11)31-23(32-33)35-10-21(34)29-9-16-19(27)6-13(25)7-20(16)28/h3-7H,8-10H2,1-2H3,(H,29,34). The number of hydrogen-bond donors (Lipinski definition) is 1. The van der Waals surface area contributed by atoms with E-state index in [0.29, 0.717) is 39.9 Å². The van der Waals surface area contributed by atoms with E-state index in [4.69, 9.17) is 11.6 Å². The van der Waals surface area contributed by atoms with Gasteiger partial charge in [-0.3, -0.25) is 4.79 Å². The average Bonchev–Trinajstić information content (AvgIpc) is 3.19. The van der Waals surface area contributed by atoms with Crippen LogP contribution in [0.5, 0.6) is 0 Å². The van der Waals surface area contributed by atoms with Crippen molar-refractivity contribution < 1.29 is 22.4 Å². The SMILES string of the molecule is Cc1nc2nc(SCC(=O)NCc3c(F)cc(F)cc3F)nn2c(C)c1Cc1c(F)cccc1Cl. The summed E-state index contributed by atoms with van der Waals surface area (Å²) in [5, 5.41) is 7.32. The number of amides is 1. The smallest absolute Gasteiger partial charge is 0.253 e. The number of aromatic nitrogens is 4. The van der Waals surface area contributed by atoms with Crippen molar-refractivity contribution in [3.05, 3.63) is 86.7 Å². The third-order valence-electron chi connectivity index (χ3n) is 5.35. The summed E-state index contributed by atoms with van der Waals surface area (Å²) in [6, 6.07) is 5.58. The highest BCUT2D eigenvalue weighted by atomic mass is 35.5. The summed E-state index contributed by atoms with van der Waals surface area (Å²) in [7, 11) is 0. The maximum atomic E-state index is 14.3. The molecule has 0 spiro atoms. The lowest BCUT2D eigenvalue weighted by Crippen LogP contribution is -2.25. The highest BCUT2D eigenvalue weighted by Gasteiger charge is 2.18. The van der Waals surface area contributed by atoms with E-state index in [2.05, 4.69) is 20.4 Å². The molecule has 182 valence electrons. The predicted octanol–water partition coefficient (Wildman–Crippen LogP) is 4.95. The van der Waals surface area contributed by atoms with Crippen LogP contribution in [0.4, 0.5) is 17.6 Å². The minimum absolute atomic E-state index is 0.128. The first kappa shape index (κ1) is 24.9. The van der Waals surface area contributed by atoms with Gasteiger partial charge in [0, 0.05) is 52.6 Å². The van der Waals surface area contributed by atoms with Crippen molar-refractivity contribution >= 4 is 35.0 Å². The molecule has 1 N–H and O–H groups in total. The Morgan fingerprint density at radius 3 is 2.43 bits per heavy atom. The number of hydrogen-bond acceptors (Lipinski definition) is 5. The van der Waals surface area contributed by atoms with Crippen molar-refractivity contribution in [2.45, 2.75) is 32.0 Å². The molecule has 2 aromatic heterocycles. The molecule has 0 saturated heterocycles. The molecule has 0 bridgehead atoms. The molecule has 4 aromatic rings. The van der Waals surface area contributed by atoms with Crippen molar-refractivity contribution in [1.82, 2.24) is 24.9 Å². The summed E-state index contributed by atoms with van der Waals surface area (Å²) >= 11 is 7.18. The molecule has 0 aliphatic carbocycles. The van der Waals surface area contributed by atoms with Crippen LogP contribution < -0.4 is 5.32 Å². The van der Waals surface area contributed by atoms with Gasteiger partial charge >= 0.3 is 0 Å². The van der Waals surface area contributed by atoms with Gasteiger partial charge in [-0.15, -0.1) is 5.10 Å². The molecule has 12 heteroatoms. The summed E-state index contributed by atoms with van der Waals surface area (Å²) in [5.74, 6) is -3.96. The van der Waals surface area contributed by atoms with E-state index in [0.717, 1.165) is 17.3 Å². The van der Waals surface area contributed by atoms with Crippen LogP contribution in [0.2, 0.25) is 5.02 Å². The molecule has 4 rings (SSSR count). The fourth-order valence-corrected chi connectivity index (χ4v) is 4.37. The normalized spacial score (nSPS) is 11.3. The van der Waals surface area contributed by atoms with Gasteiger partial charge in [-0.2, -0.15) is 4.98 Å². The molecule has 0 aliphatic heterocycles. The van der Waals surface area contributed by atoms with E-state index in [9.17, 15) is 22.4 Å². The van der Waals surface area contributed by atoms with Gasteiger partial charge in [-0.1, -0.05) is 29.4 Å². The van der Waals surface area contributed by atoms with Gasteiger partial charge in [0.05, 0.1) is 5.75 Å². The molecule has 0 atom stereocenters. The quantitative estimate of drug-likeness (QED) is 0.274. The van der Waals surface area contributed by atoms with Crippen molar-refractivity contribution in [3.63, 3.8) is 0 Å². The minimum atomic E-state index is -1.08. The van der Waals surface area contributed by atoms with E-state index < -0.39 is 41.3 Å². The first-order chi connectivity index (χ1) is 16.6. The molecule has 2 aromatic carbocycles. The molecular formula is C23H18ClF4N5OS. The topological polar surface area (TPSA) is 72.2 Å². The molecule has 0 unspecified atom stereocenters. The molecule has 0 aliphatic rings. The van der Waals surface area contributed by atoms with Crippen LogP contribution in [0.3, 0.4) is 0 Å². The third-order valence-corrected chi connectivity index (χ3v) is 6.54. The first-order valence-corrected chi connectivity index (χ1v) is 11.7. The second kappa shape index (κ2) is 10.2. The second-order valence-electron chi connectivity index (χ2n) is 7.66. The van der Waals surface area contributed by atoms with Crippen LogP contribution in [0.15, 0.2) is 35.5 Å². The van der Waals surface area contributed by atoms with E-state index in [1.54, 1.807) is 19.9 Å². The molecule has 0 saturated carbocycles. The van der Waals surface area contributed by atoms with Gasteiger partial charge in [-0.25, -0.2) is 27.1 Å². The highest BCUT2D eigenvalue weighted by molar-refractivity contribution is 7.99. The number of benzene rings is 2. The van der Waals surface area contributed by atoms with Crippen LogP contribution >= 0.6 is 23.4 Å². The number of carbonyl (C=O) groups excluding carboxylic acids is 1. The zero-order chi connectivity index (χ0) is 25.3. The second-order valence-corrected chi connectivity index (χ2v) is 9.01. The number of thioether (sulfide) groups is 1. The Kier molecular flexibility index (Phi) is 7.27. The van der Waals surface area contributed by atoms with Crippen LogP contribution in [-0.4, -0.2) is 31.2 Å². The van der Waals surface area contributed by atoms with Gasteiger partial charge in [-0.05, 0) is 31.5 Å². The van der Waals surface area contributed by atoms with E-state index in [-0.39, 0.29) is 17.3 Å². The van der Waals surface area contributed by atoms with Gasteiger partial charge in [0.1, 0.15) is 23.3 Å². The molecule has 2 heterocycles. The Hall–Kier alpha value is -3.18. The van der Waals surface area contributed by atoms with E-state index >= 15 is 0 Å². The number of fused-ring (bicyclic) bond motifs is 1. The van der Waals surface area contributed by atoms with E-state index in [1.165, 1.54) is 16.6 Å². The largest absolute Gasteiger partial charge is 0.351 e. The van der Waals surface area contributed by atoms with Gasteiger partial charge < -0.3 is 5.32 Å². The van der Waals surface area contributed by atoms with Crippen LogP contribution in [-0.2, 0) is 17.8 Å². The molecule has 0 radical (unpaired) electrons. The number of halogens is 5. The highest BCUT2D eigenvalue weighted by Crippen LogP contribution is 2.26. The number of rotatable bonds is 7. The number of nitrogens with one attached hydrogen (secondary N) is 1. The van der Waals surface area contributed by atoms with Crippen molar-refractivity contribution in [2.24, 2.45) is 0 Å². The predicted molar refractivity (Wildman–Crippen MR) is 123 cm³/mol. The third kappa shape index (κ3) is 5.40. The van der Waals surface area contributed by atoms with Crippen molar-refractivity contribution in [1.29, 1.82) is 0 Å². The fraction of sp³-hybridized carbons (Fsp3) is 0.217. The number of aryl methyl sites for hydroxylation is 2. The average molecular weight is 524 g/mol. The first-order valence-electron chi connectivity index (χ1n) is 10.3. The van der Waals surface area contributed by atoms with E-state index in [1.807, 2.05) is 0 Å². The van der Waals surface area contributed by atoms with Gasteiger partial charge in [0.2, 0.25) is 11.1 Å². The molecule has 35 heavy (non-hydrogen) atoms. The maximum Gasteiger partial charge on any atom is 0.253 e. The fourth-order valence-electron chi connectivity index (χ4n) is 3.49. The molecular weight excluding hydrogens is 506 g/mol. The summed E-state index contributed by atoms with van der Waals surface area (Å²) in [6.45, 7) is 3.14. The Labute approximate surface area is 206 Å². The van der Waals surface area contributed by atoms with Crippen LogP contribution in [0, 0.1) is 37.1 Å². The zero-order valence-corrected chi connectivity index (χ0v) is 20.1. The Morgan fingerprint density at radius 2 is 1.74 bits per heavy atom. The summed E-state index contributed by atoms with van der Waals surface area (Å²) in [6.07, 6.45) is 0.216. The Morgan fingerprint density at radius 1 is 1.03 bits per heavy atom. The molecule has 6 nitrogen and oxygen atoms in total. The Balaban J connectivity index is 1.46. The molecule has 1 amide bonds. The number of carbonyl (C=O) groups is 1. The maximum absolute atomic E-state index is 14.3. The summed E-state index contributed by atoms with van der Waals surface area (Å²) < 4.78 is 56.2. The summed E-state index contributed by atoms with van der Waals surface area (Å²) in [4.78, 5) is 20.9. The lowest BCUT2D eigenvalue weighted by atomic mass is 10.0. The lowest BCUT2D eigenvalue weighted by Gasteiger charge is -2.12. The van der Waals surface area contributed by atoms with Crippen LogP contribution in [0.25, 0.3) is 5.78 Å². The van der Waals surface area contributed by atoms with Crippen molar-refractivity contribution in [3.8, 4) is 0 Å².